The summed E-state index contributed by atoms with van der Waals surface area (Å²) in [5, 5.41) is 0. The Labute approximate surface area is 367 Å². The number of quaternary nitrogens is 1. The molecule has 1 N–H and O–H groups in total. The molecule has 0 heterocycles. The molecule has 0 aliphatic heterocycles. The molecule has 0 fully saturated rings. The molecule has 2 unspecified atom stereocenters. The number of esters is 1. The second-order valence-electron chi connectivity index (χ2n) is 18.6. The van der Waals surface area contributed by atoms with Crippen molar-refractivity contribution in [3.63, 3.8) is 0 Å². The Morgan fingerprint density at radius 3 is 1.29 bits per heavy atom. The molecule has 0 saturated heterocycles. The zero-order valence-electron chi connectivity index (χ0n) is 40.0. The van der Waals surface area contributed by atoms with Gasteiger partial charge in [-0.2, -0.15) is 0 Å². The maximum absolute atomic E-state index is 12.7. The number of hydrogen-bond donors (Lipinski definition) is 1. The van der Waals surface area contributed by atoms with Gasteiger partial charge in [-0.3, -0.25) is 13.8 Å². The summed E-state index contributed by atoms with van der Waals surface area (Å²) in [7, 11) is 1.68. The first-order chi connectivity index (χ1) is 28.6. The van der Waals surface area contributed by atoms with Crippen LogP contribution in [-0.4, -0.2) is 75.6 Å². The number of phosphoric acid groups is 1. The summed E-state index contributed by atoms with van der Waals surface area (Å²) in [6.45, 7) is 5.68. The number of hydrogen-bond acceptors (Lipinski definition) is 6. The van der Waals surface area contributed by atoms with Gasteiger partial charge in [0.1, 0.15) is 19.3 Å². The smallest absolute Gasteiger partial charge is 0.457 e. The lowest BCUT2D eigenvalue weighted by Gasteiger charge is -2.24. The molecule has 0 radical (unpaired) electrons. The molecule has 0 amide bonds. The maximum Gasteiger partial charge on any atom is 0.472 e. The number of nitrogens with zero attached hydrogens (tertiary/aromatic N) is 1. The third kappa shape index (κ3) is 48.1. The summed E-state index contributed by atoms with van der Waals surface area (Å²) < 4.78 is 35.2. The van der Waals surface area contributed by atoms with Crippen molar-refractivity contribution in [2.45, 2.75) is 251 Å². The molecular formula is C50H101NO7P+. The van der Waals surface area contributed by atoms with Gasteiger partial charge in [0.05, 0.1) is 34.4 Å². The van der Waals surface area contributed by atoms with Crippen LogP contribution in [-0.2, 0) is 27.9 Å². The topological polar surface area (TPSA) is 91.3 Å². The molecule has 0 aromatic rings. The Morgan fingerprint density at radius 2 is 0.881 bits per heavy atom. The van der Waals surface area contributed by atoms with E-state index in [4.69, 9.17) is 18.5 Å². The van der Waals surface area contributed by atoms with Gasteiger partial charge in [0.2, 0.25) is 0 Å². The summed E-state index contributed by atoms with van der Waals surface area (Å²) in [5.74, 6) is -0.308. The number of phosphoric ester groups is 1. The maximum atomic E-state index is 12.7. The van der Waals surface area contributed by atoms with Crippen LogP contribution in [0.4, 0.5) is 0 Å². The lowest BCUT2D eigenvalue weighted by molar-refractivity contribution is -0.870. The fourth-order valence-electron chi connectivity index (χ4n) is 7.37. The van der Waals surface area contributed by atoms with Gasteiger partial charge in [-0.1, -0.05) is 212 Å². The van der Waals surface area contributed by atoms with Crippen molar-refractivity contribution in [1.29, 1.82) is 0 Å². The highest BCUT2D eigenvalue weighted by atomic mass is 31.2. The highest BCUT2D eigenvalue weighted by molar-refractivity contribution is 7.47. The van der Waals surface area contributed by atoms with E-state index in [1.807, 2.05) is 21.1 Å². The predicted octanol–water partition coefficient (Wildman–Crippen LogP) is 15.4. The van der Waals surface area contributed by atoms with Gasteiger partial charge in [-0.25, -0.2) is 4.57 Å². The SMILES string of the molecule is CCCCCCCC/C=C\CCCCCCCCCCCCOCC(COP(=O)(O)OCC[N+](C)(C)C)OC(=O)CCCCCCCCCCCCCCCCCCC. The zero-order valence-corrected chi connectivity index (χ0v) is 40.9. The molecule has 0 aliphatic rings. The van der Waals surface area contributed by atoms with E-state index < -0.39 is 13.9 Å². The van der Waals surface area contributed by atoms with Gasteiger partial charge in [-0.05, 0) is 38.5 Å². The Balaban J connectivity index is 4.11. The molecule has 0 rings (SSSR count). The molecule has 0 bridgehead atoms. The Hall–Kier alpha value is -0.760. The van der Waals surface area contributed by atoms with Crippen molar-refractivity contribution >= 4 is 13.8 Å². The fraction of sp³-hybridized carbons (Fsp3) is 0.940. The Morgan fingerprint density at radius 1 is 0.508 bits per heavy atom. The quantitative estimate of drug-likeness (QED) is 0.0214. The average Bonchev–Trinajstić information content (AvgIpc) is 3.19. The second kappa shape index (κ2) is 43.9. The van der Waals surface area contributed by atoms with E-state index >= 15 is 0 Å². The van der Waals surface area contributed by atoms with E-state index in [-0.39, 0.29) is 25.8 Å². The van der Waals surface area contributed by atoms with Crippen LogP contribution in [0.25, 0.3) is 0 Å². The lowest BCUT2D eigenvalue weighted by atomic mass is 10.0. The van der Waals surface area contributed by atoms with Crippen LogP contribution < -0.4 is 0 Å². The molecule has 2 atom stereocenters. The van der Waals surface area contributed by atoms with Crippen LogP contribution in [0.1, 0.15) is 245 Å². The van der Waals surface area contributed by atoms with Crippen molar-refractivity contribution in [1.82, 2.24) is 0 Å². The Bertz CT molecular complexity index is 956. The molecule has 352 valence electrons. The molecular weight excluding hydrogens is 758 g/mol. The van der Waals surface area contributed by atoms with E-state index in [0.29, 0.717) is 24.1 Å². The second-order valence-corrected chi connectivity index (χ2v) is 20.0. The summed E-state index contributed by atoms with van der Waals surface area (Å²) >= 11 is 0. The van der Waals surface area contributed by atoms with Crippen molar-refractivity contribution in [3.8, 4) is 0 Å². The highest BCUT2D eigenvalue weighted by Gasteiger charge is 2.26. The summed E-state index contributed by atoms with van der Waals surface area (Å²) in [6, 6.07) is 0. The first kappa shape index (κ1) is 58.2. The van der Waals surface area contributed by atoms with E-state index in [2.05, 4.69) is 26.0 Å². The zero-order chi connectivity index (χ0) is 43.4. The Kier molecular flexibility index (Phi) is 43.3. The van der Waals surface area contributed by atoms with Crippen molar-refractivity contribution in [2.75, 3.05) is 54.1 Å². The van der Waals surface area contributed by atoms with Crippen LogP contribution in [0, 0.1) is 0 Å². The third-order valence-electron chi connectivity index (χ3n) is 11.3. The van der Waals surface area contributed by atoms with Gasteiger partial charge >= 0.3 is 13.8 Å². The minimum atomic E-state index is -4.27. The number of carbonyl (C=O) groups is 1. The van der Waals surface area contributed by atoms with E-state index in [0.717, 1.165) is 32.1 Å². The molecule has 8 nitrogen and oxygen atoms in total. The molecule has 0 aliphatic carbocycles. The van der Waals surface area contributed by atoms with E-state index in [1.165, 1.54) is 193 Å². The van der Waals surface area contributed by atoms with Crippen LogP contribution in [0.2, 0.25) is 0 Å². The number of allylic oxidation sites excluding steroid dienone is 2. The number of likely N-dealkylation sites (N-methyl/N-ethyl adjacent to an activating group) is 1. The molecule has 0 saturated carbocycles. The first-order valence-electron chi connectivity index (χ1n) is 25.4. The first-order valence-corrected chi connectivity index (χ1v) is 26.9. The minimum Gasteiger partial charge on any atom is -0.457 e. The van der Waals surface area contributed by atoms with Gasteiger partial charge in [0, 0.05) is 13.0 Å². The number of carbonyl (C=O) groups excluding carboxylic acids is 1. The average molecular weight is 859 g/mol. The van der Waals surface area contributed by atoms with E-state index in [1.54, 1.807) is 0 Å². The fourth-order valence-corrected chi connectivity index (χ4v) is 8.11. The number of ether oxygens (including phenoxy) is 2. The molecule has 9 heteroatoms. The monoisotopic (exact) mass is 859 g/mol. The summed E-state index contributed by atoms with van der Waals surface area (Å²) in [4.78, 5) is 23.0. The van der Waals surface area contributed by atoms with Gasteiger partial charge in [0.15, 0.2) is 0 Å². The minimum absolute atomic E-state index is 0.0921. The van der Waals surface area contributed by atoms with Gasteiger partial charge < -0.3 is 18.9 Å². The van der Waals surface area contributed by atoms with Crippen LogP contribution >= 0.6 is 7.82 Å². The van der Waals surface area contributed by atoms with Crippen LogP contribution in [0.3, 0.4) is 0 Å². The number of rotatable bonds is 48. The highest BCUT2D eigenvalue weighted by Crippen LogP contribution is 2.43. The summed E-state index contributed by atoms with van der Waals surface area (Å²) in [5.41, 5.74) is 0. The predicted molar refractivity (Wildman–Crippen MR) is 252 cm³/mol. The van der Waals surface area contributed by atoms with Crippen LogP contribution in [0.15, 0.2) is 12.2 Å². The molecule has 0 aromatic heterocycles. The van der Waals surface area contributed by atoms with Crippen molar-refractivity contribution in [2.24, 2.45) is 0 Å². The largest absolute Gasteiger partial charge is 0.472 e. The van der Waals surface area contributed by atoms with Crippen LogP contribution in [0.5, 0.6) is 0 Å². The lowest BCUT2D eigenvalue weighted by Crippen LogP contribution is -2.37. The van der Waals surface area contributed by atoms with Crippen molar-refractivity contribution < 1.29 is 37.3 Å². The normalized spacial score (nSPS) is 13.7. The third-order valence-corrected chi connectivity index (χ3v) is 12.3. The molecule has 0 spiro atoms. The van der Waals surface area contributed by atoms with Crippen molar-refractivity contribution in [3.05, 3.63) is 12.2 Å². The summed E-state index contributed by atoms with van der Waals surface area (Å²) in [6.07, 6.45) is 49.6. The molecule has 0 aromatic carbocycles. The molecule has 59 heavy (non-hydrogen) atoms. The van der Waals surface area contributed by atoms with Gasteiger partial charge in [0.25, 0.3) is 0 Å². The number of unbranched alkanes of at least 4 members (excludes halogenated alkanes) is 32. The van der Waals surface area contributed by atoms with E-state index in [9.17, 15) is 14.3 Å². The standard InChI is InChI=1S/C50H100NO7P/c1-6-8-10-12-14-16-18-20-22-24-25-26-28-30-32-34-36-38-40-42-45-55-47-49(48-57-59(53,54)56-46-44-51(3,4)5)58-50(52)43-41-39-37-35-33-31-29-27-23-21-19-17-15-13-11-9-7-2/h20,22,49H,6-19,21,23-48H2,1-5H3/p+1/b22-20-. The van der Waals surface area contributed by atoms with Gasteiger partial charge in [-0.15, -0.1) is 0 Å².